The lowest BCUT2D eigenvalue weighted by Gasteiger charge is -2.26. The van der Waals surface area contributed by atoms with Crippen molar-refractivity contribution in [1.82, 2.24) is 9.88 Å². The first kappa shape index (κ1) is 20.1. The van der Waals surface area contributed by atoms with Crippen molar-refractivity contribution in [3.8, 4) is 11.5 Å². The van der Waals surface area contributed by atoms with Crippen molar-refractivity contribution < 1.29 is 27.4 Å². The largest absolute Gasteiger partial charge is 0.497 e. The monoisotopic (exact) mass is 406 g/mol. The van der Waals surface area contributed by atoms with Gasteiger partial charge in [-0.3, -0.25) is 9.78 Å². The number of sulfone groups is 1. The van der Waals surface area contributed by atoms with Crippen LogP contribution >= 0.6 is 0 Å². The zero-order valence-electron chi connectivity index (χ0n) is 15.8. The van der Waals surface area contributed by atoms with Gasteiger partial charge in [0.1, 0.15) is 16.4 Å². The molecule has 3 rings (SSSR count). The van der Waals surface area contributed by atoms with E-state index in [1.807, 2.05) is 0 Å². The molecular weight excluding hydrogens is 384 g/mol. The van der Waals surface area contributed by atoms with Crippen LogP contribution in [0, 0.1) is 0 Å². The standard InChI is InChI=1S/C19H22N2O6S/c1-25-16-3-4-17(26-2)18(10-16)28(23,24)13-14-9-15(12-20-11-14)19(22)21-5-7-27-8-6-21/h3-4,9-12H,5-8,13H2,1-2H3. The molecule has 1 aliphatic rings. The van der Waals surface area contributed by atoms with Crippen LogP contribution < -0.4 is 9.47 Å². The molecule has 0 saturated carbocycles. The van der Waals surface area contributed by atoms with Gasteiger partial charge in [-0.25, -0.2) is 8.42 Å². The molecule has 9 heteroatoms. The number of amides is 1. The summed E-state index contributed by atoms with van der Waals surface area (Å²) in [6.45, 7) is 1.98. The normalized spacial score (nSPS) is 14.6. The van der Waals surface area contributed by atoms with Crippen molar-refractivity contribution in [2.24, 2.45) is 0 Å². The second kappa shape index (κ2) is 8.57. The van der Waals surface area contributed by atoms with Crippen LogP contribution in [0.5, 0.6) is 11.5 Å². The first-order valence-electron chi connectivity index (χ1n) is 8.70. The number of pyridine rings is 1. The lowest BCUT2D eigenvalue weighted by Crippen LogP contribution is -2.40. The van der Waals surface area contributed by atoms with Gasteiger partial charge in [0, 0.05) is 31.5 Å². The van der Waals surface area contributed by atoms with E-state index in [9.17, 15) is 13.2 Å². The van der Waals surface area contributed by atoms with Gasteiger partial charge in [-0.2, -0.15) is 0 Å². The Morgan fingerprint density at radius 3 is 2.57 bits per heavy atom. The lowest BCUT2D eigenvalue weighted by atomic mass is 10.2. The number of nitrogens with zero attached hydrogens (tertiary/aromatic N) is 2. The quantitative estimate of drug-likeness (QED) is 0.718. The molecule has 1 amide bonds. The molecule has 0 bridgehead atoms. The highest BCUT2D eigenvalue weighted by atomic mass is 32.2. The van der Waals surface area contributed by atoms with Crippen molar-refractivity contribution >= 4 is 15.7 Å². The van der Waals surface area contributed by atoms with Crippen LogP contribution in [0.15, 0.2) is 41.6 Å². The van der Waals surface area contributed by atoms with E-state index >= 15 is 0 Å². The smallest absolute Gasteiger partial charge is 0.255 e. The Bertz CT molecular complexity index is 955. The summed E-state index contributed by atoms with van der Waals surface area (Å²) in [6, 6.07) is 6.16. The molecule has 8 nitrogen and oxygen atoms in total. The molecule has 1 saturated heterocycles. The molecule has 0 atom stereocenters. The second-order valence-corrected chi connectivity index (χ2v) is 8.22. The fraction of sp³-hybridized carbons (Fsp3) is 0.368. The molecular formula is C19H22N2O6S. The minimum Gasteiger partial charge on any atom is -0.497 e. The van der Waals surface area contributed by atoms with Crippen molar-refractivity contribution in [3.05, 3.63) is 47.8 Å². The third-order valence-corrected chi connectivity index (χ3v) is 6.11. The first-order chi connectivity index (χ1) is 13.4. The summed E-state index contributed by atoms with van der Waals surface area (Å²) in [5.74, 6) is 0.144. The Morgan fingerprint density at radius 1 is 1.14 bits per heavy atom. The summed E-state index contributed by atoms with van der Waals surface area (Å²) in [7, 11) is -0.878. The van der Waals surface area contributed by atoms with Crippen molar-refractivity contribution in [2.75, 3.05) is 40.5 Å². The number of benzene rings is 1. The van der Waals surface area contributed by atoms with Gasteiger partial charge in [-0.1, -0.05) is 0 Å². The van der Waals surface area contributed by atoms with Gasteiger partial charge < -0.3 is 19.1 Å². The van der Waals surface area contributed by atoms with Gasteiger partial charge in [-0.05, 0) is 23.8 Å². The molecule has 1 aromatic heterocycles. The third-order valence-electron chi connectivity index (χ3n) is 4.40. The van der Waals surface area contributed by atoms with E-state index in [1.54, 1.807) is 23.1 Å². The molecule has 0 unspecified atom stereocenters. The number of carbonyl (C=O) groups excluding carboxylic acids is 1. The molecule has 2 aromatic rings. The predicted molar refractivity (Wildman–Crippen MR) is 101 cm³/mol. The average molecular weight is 406 g/mol. The van der Waals surface area contributed by atoms with Crippen LogP contribution in [0.3, 0.4) is 0 Å². The van der Waals surface area contributed by atoms with Crippen LogP contribution in [-0.2, 0) is 20.3 Å². The molecule has 0 spiro atoms. The average Bonchev–Trinajstić information content (AvgIpc) is 2.73. The van der Waals surface area contributed by atoms with E-state index in [2.05, 4.69) is 4.98 Å². The number of morpholine rings is 1. The number of rotatable bonds is 6. The van der Waals surface area contributed by atoms with Crippen molar-refractivity contribution in [1.29, 1.82) is 0 Å². The number of methoxy groups -OCH3 is 2. The van der Waals surface area contributed by atoms with E-state index in [0.29, 0.717) is 43.2 Å². The minimum atomic E-state index is -3.75. The lowest BCUT2D eigenvalue weighted by molar-refractivity contribution is 0.0302. The van der Waals surface area contributed by atoms with E-state index in [0.717, 1.165) is 0 Å². The SMILES string of the molecule is COc1ccc(OC)c(S(=O)(=O)Cc2cncc(C(=O)N3CCOCC3)c2)c1. The van der Waals surface area contributed by atoms with Gasteiger partial charge in [-0.15, -0.1) is 0 Å². The summed E-state index contributed by atoms with van der Waals surface area (Å²) in [4.78, 5) is 18.4. The Hall–Kier alpha value is -2.65. The van der Waals surface area contributed by atoms with E-state index in [1.165, 1.54) is 32.7 Å². The molecule has 1 fully saturated rings. The number of hydrogen-bond acceptors (Lipinski definition) is 7. The molecule has 1 aliphatic heterocycles. The van der Waals surface area contributed by atoms with Crippen LogP contribution in [0.4, 0.5) is 0 Å². The fourth-order valence-electron chi connectivity index (χ4n) is 2.96. The Morgan fingerprint density at radius 2 is 1.89 bits per heavy atom. The van der Waals surface area contributed by atoms with Gasteiger partial charge >= 0.3 is 0 Å². The number of hydrogen-bond donors (Lipinski definition) is 0. The molecule has 0 aliphatic carbocycles. The Balaban J connectivity index is 1.86. The highest BCUT2D eigenvalue weighted by molar-refractivity contribution is 7.90. The molecule has 1 aromatic carbocycles. The summed E-state index contributed by atoms with van der Waals surface area (Å²) in [5.41, 5.74) is 0.774. The molecule has 0 N–H and O–H groups in total. The van der Waals surface area contributed by atoms with Crippen LogP contribution in [0.25, 0.3) is 0 Å². The highest BCUT2D eigenvalue weighted by Crippen LogP contribution is 2.30. The van der Waals surface area contributed by atoms with Crippen molar-refractivity contribution in [2.45, 2.75) is 10.6 Å². The molecule has 28 heavy (non-hydrogen) atoms. The van der Waals surface area contributed by atoms with Gasteiger partial charge in [0.2, 0.25) is 0 Å². The Kier molecular flexibility index (Phi) is 6.15. The minimum absolute atomic E-state index is 0.0271. The van der Waals surface area contributed by atoms with E-state index in [4.69, 9.17) is 14.2 Å². The van der Waals surface area contributed by atoms with Gasteiger partial charge in [0.15, 0.2) is 9.84 Å². The summed E-state index contributed by atoms with van der Waals surface area (Å²) < 4.78 is 41.5. The van der Waals surface area contributed by atoms with Crippen LogP contribution in [0.1, 0.15) is 15.9 Å². The predicted octanol–water partition coefficient (Wildman–Crippen LogP) is 1.55. The first-order valence-corrected chi connectivity index (χ1v) is 10.4. The van der Waals surface area contributed by atoms with Gasteiger partial charge in [0.05, 0.1) is 38.7 Å². The van der Waals surface area contributed by atoms with E-state index < -0.39 is 9.84 Å². The zero-order chi connectivity index (χ0) is 20.1. The summed E-state index contributed by atoms with van der Waals surface area (Å²) in [5, 5.41) is 0. The maximum atomic E-state index is 13.0. The zero-order valence-corrected chi connectivity index (χ0v) is 16.6. The molecule has 150 valence electrons. The fourth-order valence-corrected chi connectivity index (χ4v) is 4.46. The highest BCUT2D eigenvalue weighted by Gasteiger charge is 2.23. The molecule has 2 heterocycles. The summed E-state index contributed by atoms with van der Waals surface area (Å²) >= 11 is 0. The maximum absolute atomic E-state index is 13.0. The maximum Gasteiger partial charge on any atom is 0.255 e. The number of carbonyl (C=O) groups is 1. The molecule has 0 radical (unpaired) electrons. The number of aromatic nitrogens is 1. The van der Waals surface area contributed by atoms with E-state index in [-0.39, 0.29) is 22.3 Å². The number of ether oxygens (including phenoxy) is 3. The van der Waals surface area contributed by atoms with Crippen LogP contribution in [-0.4, -0.2) is 64.7 Å². The Labute approximate surface area is 164 Å². The second-order valence-electron chi connectivity index (χ2n) is 6.26. The van der Waals surface area contributed by atoms with Crippen LogP contribution in [0.2, 0.25) is 0 Å². The topological polar surface area (TPSA) is 95.0 Å². The third kappa shape index (κ3) is 4.42. The van der Waals surface area contributed by atoms with Gasteiger partial charge in [0.25, 0.3) is 5.91 Å². The van der Waals surface area contributed by atoms with Crippen molar-refractivity contribution in [3.63, 3.8) is 0 Å². The summed E-state index contributed by atoms with van der Waals surface area (Å²) in [6.07, 6.45) is 2.89.